The van der Waals surface area contributed by atoms with Gasteiger partial charge in [0, 0.05) is 37.8 Å². The third kappa shape index (κ3) is 15.1. The second kappa shape index (κ2) is 22.5. The van der Waals surface area contributed by atoms with Crippen LogP contribution in [0.5, 0.6) is 0 Å². The summed E-state index contributed by atoms with van der Waals surface area (Å²) >= 11 is 0. The standard InChI is InChI=1S/C32H49N5O8S2/c1-6-28(33-7-2)47-46-19-18-45-17-16-44-15-13-27(39)35-29(22(3)4)30(40)34-26(21-23-10-8-11-24(38)20-23)31(41)37-14-9-12-25(36-37)32(42)43-5/h6-7,10,20,22,25-26,29,36,38H,1-2,8-9,11-19,21H2,3-5H3,(H,34,40)(H,35,39). The van der Waals surface area contributed by atoms with Crippen molar-refractivity contribution < 1.29 is 38.5 Å². The van der Waals surface area contributed by atoms with Crippen molar-refractivity contribution in [2.24, 2.45) is 10.9 Å². The van der Waals surface area contributed by atoms with Gasteiger partial charge in [-0.2, -0.15) is 0 Å². The second-order valence-electron chi connectivity index (χ2n) is 11.1. The number of rotatable bonds is 20. The number of aliphatic imine (C=N–C) groups is 1. The molecule has 4 N–H and O–H groups in total. The highest BCUT2D eigenvalue weighted by molar-refractivity contribution is 8.82. The summed E-state index contributed by atoms with van der Waals surface area (Å²) in [5, 5.41) is 17.7. The highest BCUT2D eigenvalue weighted by Gasteiger charge is 2.35. The quantitative estimate of drug-likeness (QED) is 0.0485. The van der Waals surface area contributed by atoms with Gasteiger partial charge in [-0.25, -0.2) is 10.4 Å². The lowest BCUT2D eigenvalue weighted by Crippen LogP contribution is -2.61. The Labute approximate surface area is 285 Å². The van der Waals surface area contributed by atoms with E-state index >= 15 is 0 Å². The van der Waals surface area contributed by atoms with Crippen LogP contribution in [0.25, 0.3) is 0 Å². The molecular formula is C32H49N5O8S2. The molecule has 0 aromatic carbocycles. The van der Waals surface area contributed by atoms with E-state index in [2.05, 4.69) is 34.2 Å². The summed E-state index contributed by atoms with van der Waals surface area (Å²) in [4.78, 5) is 56.1. The van der Waals surface area contributed by atoms with E-state index in [0.717, 1.165) is 10.8 Å². The van der Waals surface area contributed by atoms with Gasteiger partial charge in [0.05, 0.1) is 39.3 Å². The number of nitrogens with zero attached hydrogens (tertiary/aromatic N) is 2. The number of carbonyl (C=O) groups excluding carboxylic acids is 4. The summed E-state index contributed by atoms with van der Waals surface area (Å²) in [6.45, 7) is 12.6. The average molecular weight is 696 g/mol. The van der Waals surface area contributed by atoms with Crippen LogP contribution in [0, 0.1) is 5.92 Å². The van der Waals surface area contributed by atoms with Crippen molar-refractivity contribution >= 4 is 50.3 Å². The van der Waals surface area contributed by atoms with Crippen LogP contribution in [0.2, 0.25) is 0 Å². The minimum Gasteiger partial charge on any atom is -0.512 e. The van der Waals surface area contributed by atoms with Gasteiger partial charge in [0.25, 0.3) is 5.91 Å². The van der Waals surface area contributed by atoms with Crippen molar-refractivity contribution in [2.45, 2.75) is 70.5 Å². The number of carbonyl (C=O) groups is 4. The van der Waals surface area contributed by atoms with Crippen molar-refractivity contribution in [3.05, 3.63) is 48.9 Å². The fourth-order valence-corrected chi connectivity index (χ4v) is 6.42. The van der Waals surface area contributed by atoms with E-state index in [4.69, 9.17) is 14.2 Å². The first-order valence-electron chi connectivity index (χ1n) is 15.7. The van der Waals surface area contributed by atoms with Gasteiger partial charge in [0.1, 0.15) is 23.2 Å². The maximum Gasteiger partial charge on any atom is 0.324 e. The number of allylic oxidation sites excluding steroid dienone is 3. The first-order valence-corrected chi connectivity index (χ1v) is 18.0. The number of nitrogens with one attached hydrogen (secondary N) is 3. The van der Waals surface area contributed by atoms with Crippen molar-refractivity contribution in [2.75, 3.05) is 45.8 Å². The Bertz CT molecular complexity index is 1180. The van der Waals surface area contributed by atoms with Gasteiger partial charge in [0.15, 0.2) is 0 Å². The zero-order valence-electron chi connectivity index (χ0n) is 27.5. The van der Waals surface area contributed by atoms with E-state index in [0.29, 0.717) is 57.6 Å². The van der Waals surface area contributed by atoms with Gasteiger partial charge >= 0.3 is 5.97 Å². The average Bonchev–Trinajstić information content (AvgIpc) is 3.06. The lowest BCUT2D eigenvalue weighted by Gasteiger charge is -2.35. The van der Waals surface area contributed by atoms with E-state index in [9.17, 15) is 24.3 Å². The molecule has 1 fully saturated rings. The van der Waals surface area contributed by atoms with Gasteiger partial charge in [-0.05, 0) is 53.7 Å². The van der Waals surface area contributed by atoms with Gasteiger partial charge < -0.3 is 30.0 Å². The molecule has 1 aliphatic carbocycles. The van der Waals surface area contributed by atoms with Crippen LogP contribution in [-0.4, -0.2) is 103 Å². The van der Waals surface area contributed by atoms with Crippen LogP contribution in [-0.2, 0) is 33.4 Å². The van der Waals surface area contributed by atoms with E-state index in [1.807, 2.05) is 6.08 Å². The minimum atomic E-state index is -1.01. The topological polar surface area (TPSA) is 168 Å². The molecule has 13 nitrogen and oxygen atoms in total. The predicted octanol–water partition coefficient (Wildman–Crippen LogP) is 3.37. The molecule has 0 aromatic rings. The fraction of sp³-hybridized carbons (Fsp3) is 0.594. The van der Waals surface area contributed by atoms with Crippen molar-refractivity contribution in [3.8, 4) is 0 Å². The summed E-state index contributed by atoms with van der Waals surface area (Å²) in [6.07, 6.45) is 9.01. The number of aliphatic hydroxyl groups is 1. The smallest absolute Gasteiger partial charge is 0.324 e. The molecule has 1 heterocycles. The molecule has 0 spiro atoms. The maximum atomic E-state index is 13.7. The van der Waals surface area contributed by atoms with Crippen LogP contribution >= 0.6 is 21.6 Å². The largest absolute Gasteiger partial charge is 0.512 e. The molecule has 15 heteroatoms. The summed E-state index contributed by atoms with van der Waals surface area (Å²) < 4.78 is 15.9. The van der Waals surface area contributed by atoms with Gasteiger partial charge in [0.2, 0.25) is 11.8 Å². The highest BCUT2D eigenvalue weighted by atomic mass is 33.1. The molecule has 0 aromatic heterocycles. The summed E-state index contributed by atoms with van der Waals surface area (Å²) in [7, 11) is 4.37. The number of esters is 1. The van der Waals surface area contributed by atoms with E-state index in [-0.39, 0.29) is 37.0 Å². The molecule has 0 bridgehead atoms. The zero-order valence-corrected chi connectivity index (χ0v) is 29.2. The molecule has 3 atom stereocenters. The molecule has 1 aliphatic heterocycles. The third-order valence-electron chi connectivity index (χ3n) is 7.11. The summed E-state index contributed by atoms with van der Waals surface area (Å²) in [5.74, 6) is -1.12. The Morgan fingerprint density at radius 2 is 1.91 bits per heavy atom. The number of hydrogen-bond donors (Lipinski definition) is 4. The van der Waals surface area contributed by atoms with E-state index in [1.165, 1.54) is 29.1 Å². The minimum absolute atomic E-state index is 0.0435. The molecule has 2 aliphatic rings. The van der Waals surface area contributed by atoms with Crippen LogP contribution < -0.4 is 16.1 Å². The van der Waals surface area contributed by atoms with E-state index < -0.39 is 35.9 Å². The molecule has 47 heavy (non-hydrogen) atoms. The molecule has 2 rings (SSSR count). The highest BCUT2D eigenvalue weighted by Crippen LogP contribution is 2.23. The van der Waals surface area contributed by atoms with Gasteiger partial charge in [-0.15, -0.1) is 0 Å². The van der Waals surface area contributed by atoms with Crippen molar-refractivity contribution in [1.29, 1.82) is 0 Å². The number of ether oxygens (including phenoxy) is 3. The number of aliphatic hydroxyl groups excluding tert-OH is 1. The molecule has 0 radical (unpaired) electrons. The monoisotopic (exact) mass is 695 g/mol. The lowest BCUT2D eigenvalue weighted by atomic mass is 9.97. The first-order chi connectivity index (χ1) is 22.6. The molecule has 1 saturated heterocycles. The molecule has 3 amide bonds. The number of amides is 3. The van der Waals surface area contributed by atoms with Crippen LogP contribution in [0.4, 0.5) is 0 Å². The molecular weight excluding hydrogens is 647 g/mol. The van der Waals surface area contributed by atoms with Gasteiger partial charge in [-0.3, -0.25) is 24.2 Å². The summed E-state index contributed by atoms with van der Waals surface area (Å²) in [5.41, 5.74) is 3.62. The lowest BCUT2D eigenvalue weighted by molar-refractivity contribution is -0.151. The van der Waals surface area contributed by atoms with Crippen molar-refractivity contribution in [3.63, 3.8) is 0 Å². The Kier molecular flexibility index (Phi) is 19.1. The molecule has 262 valence electrons. The fourth-order valence-electron chi connectivity index (χ4n) is 4.70. The number of hydrazine groups is 1. The molecule has 3 unspecified atom stereocenters. The predicted molar refractivity (Wildman–Crippen MR) is 185 cm³/mol. The Morgan fingerprint density at radius 1 is 1.17 bits per heavy atom. The first kappa shape index (κ1) is 40.1. The van der Waals surface area contributed by atoms with Gasteiger partial charge in [-0.1, -0.05) is 43.9 Å². The Balaban J connectivity index is 1.87. The molecule has 0 saturated carbocycles. The number of methoxy groups -OCH3 is 1. The van der Waals surface area contributed by atoms with E-state index in [1.54, 1.807) is 36.8 Å². The Hall–Kier alpha value is -3.11. The third-order valence-corrected chi connectivity index (χ3v) is 9.37. The van der Waals surface area contributed by atoms with Crippen molar-refractivity contribution in [1.82, 2.24) is 21.1 Å². The Morgan fingerprint density at radius 3 is 2.57 bits per heavy atom. The summed E-state index contributed by atoms with van der Waals surface area (Å²) in [6, 6.07) is -2.60. The zero-order chi connectivity index (χ0) is 34.6. The SMILES string of the molecule is C=CN=C(C=C)SSCCOCCOCCC(=O)NC(C(=O)NC(CC1=CCCC(O)=C1)C(=O)N1CCCC(C(=O)OC)N1)C(C)C. The number of hydrogen-bond acceptors (Lipinski definition) is 12. The normalized spacial score (nSPS) is 18.0. The van der Waals surface area contributed by atoms with Crippen LogP contribution in [0.1, 0.15) is 52.4 Å². The van der Waals surface area contributed by atoms with Crippen LogP contribution in [0.3, 0.4) is 0 Å². The second-order valence-corrected chi connectivity index (χ2v) is 13.5. The maximum absolute atomic E-state index is 13.7. The van der Waals surface area contributed by atoms with Crippen LogP contribution in [0.15, 0.2) is 53.9 Å².